The maximum atomic E-state index is 11.7. The Hall–Kier alpha value is -0.410. The van der Waals surface area contributed by atoms with Crippen molar-refractivity contribution in [3.63, 3.8) is 0 Å². The first-order valence-corrected chi connectivity index (χ1v) is 7.68. The summed E-state index contributed by atoms with van der Waals surface area (Å²) in [6.07, 6.45) is 10.5. The maximum absolute atomic E-state index is 11.7. The molecule has 1 heterocycles. The third kappa shape index (κ3) is 5.07. The number of Topliss-reactive ketones (excluding diaryl/α,β-unsaturated/α-hetero) is 1. The molecule has 2 aliphatic rings. The molecule has 0 amide bonds. The van der Waals surface area contributed by atoms with E-state index in [1.54, 1.807) is 0 Å². The van der Waals surface area contributed by atoms with Crippen molar-refractivity contribution in [3.8, 4) is 0 Å². The second-order valence-corrected chi connectivity index (χ2v) is 5.80. The fourth-order valence-electron chi connectivity index (χ4n) is 3.09. The highest BCUT2D eigenvalue weighted by molar-refractivity contribution is 5.78. The van der Waals surface area contributed by atoms with Crippen molar-refractivity contribution in [2.45, 2.75) is 63.9 Å². The van der Waals surface area contributed by atoms with Crippen LogP contribution in [0.2, 0.25) is 0 Å². The lowest BCUT2D eigenvalue weighted by Crippen LogP contribution is -2.32. The minimum absolute atomic E-state index is 0.383. The third-order valence-electron chi connectivity index (χ3n) is 4.33. The quantitative estimate of drug-likeness (QED) is 0.758. The zero-order valence-corrected chi connectivity index (χ0v) is 11.5. The van der Waals surface area contributed by atoms with Crippen molar-refractivity contribution >= 4 is 5.78 Å². The van der Waals surface area contributed by atoms with Gasteiger partial charge in [-0.3, -0.25) is 4.79 Å². The lowest BCUT2D eigenvalue weighted by atomic mass is 9.99. The van der Waals surface area contributed by atoms with Crippen LogP contribution in [0.5, 0.6) is 0 Å². The number of hydrogen-bond acceptors (Lipinski definition) is 3. The van der Waals surface area contributed by atoms with Crippen molar-refractivity contribution < 1.29 is 9.53 Å². The Kier molecular flexibility index (Phi) is 6.15. The molecule has 0 spiro atoms. The van der Waals surface area contributed by atoms with Crippen molar-refractivity contribution in [1.82, 2.24) is 5.32 Å². The van der Waals surface area contributed by atoms with Gasteiger partial charge in [-0.05, 0) is 38.3 Å². The molecule has 0 atom stereocenters. The lowest BCUT2D eigenvalue weighted by molar-refractivity contribution is -0.121. The SMILES string of the molecule is O=C(CCOC1CCNCC1)CCC1CCCC1. The number of carbonyl (C=O) groups excluding carboxylic acids is 1. The number of hydrogen-bond donors (Lipinski definition) is 1. The van der Waals surface area contributed by atoms with E-state index in [-0.39, 0.29) is 0 Å². The summed E-state index contributed by atoms with van der Waals surface area (Å²) in [6, 6.07) is 0. The number of carbonyl (C=O) groups is 1. The molecule has 0 radical (unpaired) electrons. The zero-order valence-electron chi connectivity index (χ0n) is 11.5. The normalized spacial score (nSPS) is 22.4. The molecule has 0 aromatic rings. The van der Waals surface area contributed by atoms with Gasteiger partial charge in [0, 0.05) is 12.8 Å². The van der Waals surface area contributed by atoms with Crippen LogP contribution in [-0.2, 0) is 9.53 Å². The second kappa shape index (κ2) is 7.90. The Balaban J connectivity index is 1.48. The molecule has 1 aliphatic heterocycles. The van der Waals surface area contributed by atoms with E-state index < -0.39 is 0 Å². The molecule has 18 heavy (non-hydrogen) atoms. The number of piperidine rings is 1. The molecule has 3 heteroatoms. The van der Waals surface area contributed by atoms with Gasteiger partial charge in [-0.25, -0.2) is 0 Å². The molecule has 0 unspecified atom stereocenters. The van der Waals surface area contributed by atoms with E-state index >= 15 is 0 Å². The molecule has 2 rings (SSSR count). The molecule has 0 bridgehead atoms. The van der Waals surface area contributed by atoms with Crippen molar-refractivity contribution in [1.29, 1.82) is 0 Å². The summed E-state index contributed by atoms with van der Waals surface area (Å²) in [4.78, 5) is 11.7. The number of ether oxygens (including phenoxy) is 1. The van der Waals surface area contributed by atoms with Crippen LogP contribution in [0.3, 0.4) is 0 Å². The molecular weight excluding hydrogens is 226 g/mol. The van der Waals surface area contributed by atoms with Crippen LogP contribution < -0.4 is 5.32 Å². The Bertz CT molecular complexity index is 243. The van der Waals surface area contributed by atoms with Crippen LogP contribution in [0.1, 0.15) is 57.8 Å². The summed E-state index contributed by atoms with van der Waals surface area (Å²) in [5, 5.41) is 3.32. The van der Waals surface area contributed by atoms with Crippen LogP contribution in [0.15, 0.2) is 0 Å². The zero-order chi connectivity index (χ0) is 12.6. The first-order valence-electron chi connectivity index (χ1n) is 7.68. The Morgan fingerprint density at radius 2 is 1.78 bits per heavy atom. The molecule has 1 N–H and O–H groups in total. The van der Waals surface area contributed by atoms with Crippen molar-refractivity contribution in [2.24, 2.45) is 5.92 Å². The highest BCUT2D eigenvalue weighted by atomic mass is 16.5. The average Bonchev–Trinajstić information content (AvgIpc) is 2.91. The Labute approximate surface area is 111 Å². The summed E-state index contributed by atoms with van der Waals surface area (Å²) >= 11 is 0. The number of nitrogens with one attached hydrogen (secondary N) is 1. The van der Waals surface area contributed by atoms with Gasteiger partial charge in [-0.2, -0.15) is 0 Å². The fraction of sp³-hybridized carbons (Fsp3) is 0.933. The van der Waals surface area contributed by atoms with E-state index in [0.29, 0.717) is 24.9 Å². The third-order valence-corrected chi connectivity index (χ3v) is 4.33. The predicted molar refractivity (Wildman–Crippen MR) is 72.7 cm³/mol. The Morgan fingerprint density at radius 3 is 2.50 bits per heavy atom. The van der Waals surface area contributed by atoms with E-state index in [4.69, 9.17) is 4.74 Å². The smallest absolute Gasteiger partial charge is 0.135 e. The molecule has 1 saturated heterocycles. The fourth-order valence-corrected chi connectivity index (χ4v) is 3.09. The van der Waals surface area contributed by atoms with Gasteiger partial charge in [0.2, 0.25) is 0 Å². The van der Waals surface area contributed by atoms with Gasteiger partial charge in [-0.15, -0.1) is 0 Å². The summed E-state index contributed by atoms with van der Waals surface area (Å²) in [5.74, 6) is 1.23. The van der Waals surface area contributed by atoms with Crippen LogP contribution in [0, 0.1) is 5.92 Å². The highest BCUT2D eigenvalue weighted by Crippen LogP contribution is 2.28. The standard InChI is InChI=1S/C15H27NO2/c17-14(6-5-13-3-1-2-4-13)9-12-18-15-7-10-16-11-8-15/h13,15-16H,1-12H2. The monoisotopic (exact) mass is 253 g/mol. The van der Waals surface area contributed by atoms with Gasteiger partial charge in [0.15, 0.2) is 0 Å². The molecular formula is C15H27NO2. The minimum Gasteiger partial charge on any atom is -0.378 e. The van der Waals surface area contributed by atoms with Crippen LogP contribution >= 0.6 is 0 Å². The van der Waals surface area contributed by atoms with Crippen LogP contribution in [0.4, 0.5) is 0 Å². The summed E-state index contributed by atoms with van der Waals surface area (Å²) in [6.45, 7) is 2.74. The Morgan fingerprint density at radius 1 is 1.06 bits per heavy atom. The molecule has 104 valence electrons. The van der Waals surface area contributed by atoms with Crippen molar-refractivity contribution in [3.05, 3.63) is 0 Å². The second-order valence-electron chi connectivity index (χ2n) is 5.80. The van der Waals surface area contributed by atoms with Gasteiger partial charge in [0.1, 0.15) is 5.78 Å². The largest absolute Gasteiger partial charge is 0.378 e. The van der Waals surface area contributed by atoms with Crippen molar-refractivity contribution in [2.75, 3.05) is 19.7 Å². The first-order chi connectivity index (χ1) is 8.84. The van der Waals surface area contributed by atoms with Gasteiger partial charge >= 0.3 is 0 Å². The van der Waals surface area contributed by atoms with E-state index in [2.05, 4.69) is 5.32 Å². The summed E-state index contributed by atoms with van der Waals surface area (Å²) in [7, 11) is 0. The highest BCUT2D eigenvalue weighted by Gasteiger charge is 2.17. The molecule has 1 saturated carbocycles. The molecule has 3 nitrogen and oxygen atoms in total. The lowest BCUT2D eigenvalue weighted by Gasteiger charge is -2.22. The number of ketones is 1. The minimum atomic E-state index is 0.383. The number of rotatable bonds is 7. The molecule has 0 aromatic carbocycles. The van der Waals surface area contributed by atoms with E-state index in [1.165, 1.54) is 25.7 Å². The first kappa shape index (κ1) is 14.0. The van der Waals surface area contributed by atoms with E-state index in [1.807, 2.05) is 0 Å². The van der Waals surface area contributed by atoms with Gasteiger partial charge < -0.3 is 10.1 Å². The molecule has 0 aromatic heterocycles. The van der Waals surface area contributed by atoms with Gasteiger partial charge in [0.05, 0.1) is 12.7 Å². The summed E-state index contributed by atoms with van der Waals surface area (Å²) in [5.41, 5.74) is 0. The van der Waals surface area contributed by atoms with Gasteiger partial charge in [-0.1, -0.05) is 25.7 Å². The van der Waals surface area contributed by atoms with E-state index in [0.717, 1.165) is 44.7 Å². The van der Waals surface area contributed by atoms with Crippen LogP contribution in [0.25, 0.3) is 0 Å². The molecule has 1 aliphatic carbocycles. The topological polar surface area (TPSA) is 38.3 Å². The predicted octanol–water partition coefficient (Wildman–Crippen LogP) is 2.68. The van der Waals surface area contributed by atoms with E-state index in [9.17, 15) is 4.79 Å². The molecule has 2 fully saturated rings. The summed E-state index contributed by atoms with van der Waals surface area (Å²) < 4.78 is 5.76. The maximum Gasteiger partial charge on any atom is 0.135 e. The van der Waals surface area contributed by atoms with Crippen LogP contribution in [-0.4, -0.2) is 31.6 Å². The average molecular weight is 253 g/mol. The van der Waals surface area contributed by atoms with Gasteiger partial charge in [0.25, 0.3) is 0 Å².